The summed E-state index contributed by atoms with van der Waals surface area (Å²) in [6.45, 7) is 0. The largest absolute Gasteiger partial charge is 0.497 e. The van der Waals surface area contributed by atoms with Crippen LogP contribution in [0.15, 0.2) is 60.9 Å². The topological polar surface area (TPSA) is 45.5 Å². The van der Waals surface area contributed by atoms with Crippen molar-refractivity contribution in [3.63, 3.8) is 0 Å². The van der Waals surface area contributed by atoms with Gasteiger partial charge in [-0.1, -0.05) is 12.1 Å². The number of methoxy groups -OCH3 is 2. The van der Waals surface area contributed by atoms with Crippen LogP contribution in [0.5, 0.6) is 23.0 Å². The van der Waals surface area contributed by atoms with Crippen molar-refractivity contribution in [2.75, 3.05) is 14.2 Å². The number of ether oxygens (including phenoxy) is 3. The normalized spacial score (nSPS) is 10.3. The van der Waals surface area contributed by atoms with Gasteiger partial charge < -0.3 is 14.2 Å². The van der Waals surface area contributed by atoms with Crippen LogP contribution >= 0.6 is 0 Å². The second kappa shape index (κ2) is 6.22. The third-order valence-corrected chi connectivity index (χ3v) is 3.15. The van der Waals surface area contributed by atoms with Gasteiger partial charge >= 0.3 is 0 Å². The molecular formula is C17H16N2O3. The fourth-order valence-electron chi connectivity index (χ4n) is 2.05. The molecule has 3 rings (SSSR count). The minimum atomic E-state index is 0.649. The second-order valence-electron chi connectivity index (χ2n) is 4.60. The lowest BCUT2D eigenvalue weighted by molar-refractivity contribution is 0.409. The van der Waals surface area contributed by atoms with Crippen LogP contribution in [0.3, 0.4) is 0 Å². The molecule has 0 saturated carbocycles. The van der Waals surface area contributed by atoms with E-state index in [-0.39, 0.29) is 0 Å². The summed E-state index contributed by atoms with van der Waals surface area (Å²) in [7, 11) is 3.26. The van der Waals surface area contributed by atoms with E-state index in [1.54, 1.807) is 25.1 Å². The molecule has 0 fully saturated rings. The molecule has 0 atom stereocenters. The van der Waals surface area contributed by atoms with Crippen molar-refractivity contribution in [2.24, 2.45) is 0 Å². The second-order valence-corrected chi connectivity index (χ2v) is 4.60. The van der Waals surface area contributed by atoms with Gasteiger partial charge in [0, 0.05) is 12.1 Å². The summed E-state index contributed by atoms with van der Waals surface area (Å²) in [5.41, 5.74) is 0.903. The van der Waals surface area contributed by atoms with Gasteiger partial charge in [-0.3, -0.25) is 0 Å². The van der Waals surface area contributed by atoms with Gasteiger partial charge in [-0.25, -0.2) is 4.68 Å². The Labute approximate surface area is 128 Å². The molecule has 0 aliphatic heterocycles. The van der Waals surface area contributed by atoms with Gasteiger partial charge in [0.1, 0.15) is 17.2 Å². The lowest BCUT2D eigenvalue weighted by atomic mass is 10.3. The number of nitrogens with zero attached hydrogens (tertiary/aromatic N) is 2. The van der Waals surface area contributed by atoms with Gasteiger partial charge in [0.2, 0.25) is 0 Å². The minimum absolute atomic E-state index is 0.649. The van der Waals surface area contributed by atoms with Crippen LogP contribution in [0.1, 0.15) is 0 Å². The molecule has 2 aromatic carbocycles. The zero-order chi connectivity index (χ0) is 15.4. The zero-order valence-corrected chi connectivity index (χ0v) is 12.4. The molecular weight excluding hydrogens is 280 g/mol. The Balaban J connectivity index is 1.81. The molecule has 0 amide bonds. The molecule has 1 aromatic heterocycles. The predicted octanol–water partition coefficient (Wildman–Crippen LogP) is 3.68. The fraction of sp³-hybridized carbons (Fsp3) is 0.118. The van der Waals surface area contributed by atoms with Crippen LogP contribution in [0.2, 0.25) is 0 Å². The summed E-state index contributed by atoms with van der Waals surface area (Å²) < 4.78 is 17.9. The van der Waals surface area contributed by atoms with Crippen molar-refractivity contribution in [3.05, 3.63) is 60.9 Å². The van der Waals surface area contributed by atoms with Gasteiger partial charge in [0.15, 0.2) is 5.75 Å². The Morgan fingerprint density at radius 1 is 0.818 bits per heavy atom. The van der Waals surface area contributed by atoms with E-state index in [4.69, 9.17) is 14.2 Å². The molecule has 0 aliphatic rings. The number of hydrogen-bond donors (Lipinski definition) is 0. The van der Waals surface area contributed by atoms with Gasteiger partial charge in [-0.05, 0) is 24.3 Å². The Hall–Kier alpha value is -2.95. The van der Waals surface area contributed by atoms with E-state index in [2.05, 4.69) is 5.10 Å². The standard InChI is InChI=1S/C17H16N2O3/c1-20-14-6-3-5-13(9-14)19-12-17(11-18-19)22-16-8-4-7-15(10-16)21-2/h3-12H,1-2H3. The van der Waals surface area contributed by atoms with Crippen LogP contribution in [-0.4, -0.2) is 24.0 Å². The first kappa shape index (κ1) is 14.0. The summed E-state index contributed by atoms with van der Waals surface area (Å²) in [6.07, 6.45) is 3.48. The van der Waals surface area contributed by atoms with E-state index < -0.39 is 0 Å². The Morgan fingerprint density at radius 2 is 1.50 bits per heavy atom. The van der Waals surface area contributed by atoms with E-state index in [0.29, 0.717) is 11.5 Å². The lowest BCUT2D eigenvalue weighted by Crippen LogP contribution is -1.94. The number of rotatable bonds is 5. The van der Waals surface area contributed by atoms with E-state index in [0.717, 1.165) is 17.2 Å². The maximum atomic E-state index is 5.78. The monoisotopic (exact) mass is 296 g/mol. The third-order valence-electron chi connectivity index (χ3n) is 3.15. The van der Waals surface area contributed by atoms with Gasteiger partial charge in [0.25, 0.3) is 0 Å². The van der Waals surface area contributed by atoms with Crippen molar-refractivity contribution in [1.82, 2.24) is 9.78 Å². The number of benzene rings is 2. The van der Waals surface area contributed by atoms with E-state index >= 15 is 0 Å². The highest BCUT2D eigenvalue weighted by molar-refractivity contribution is 5.40. The van der Waals surface area contributed by atoms with Crippen molar-refractivity contribution >= 4 is 0 Å². The quantitative estimate of drug-likeness (QED) is 0.720. The molecule has 0 aliphatic carbocycles. The number of hydrogen-bond acceptors (Lipinski definition) is 4. The first-order valence-corrected chi connectivity index (χ1v) is 6.79. The summed E-state index contributed by atoms with van der Waals surface area (Å²) in [5.74, 6) is 2.88. The molecule has 5 heteroatoms. The summed E-state index contributed by atoms with van der Waals surface area (Å²) >= 11 is 0. The van der Waals surface area contributed by atoms with Crippen molar-refractivity contribution in [3.8, 4) is 28.7 Å². The first-order valence-electron chi connectivity index (χ1n) is 6.79. The average molecular weight is 296 g/mol. The Morgan fingerprint density at radius 3 is 2.27 bits per heavy atom. The van der Waals surface area contributed by atoms with Crippen LogP contribution in [0.25, 0.3) is 5.69 Å². The number of aromatic nitrogens is 2. The van der Waals surface area contributed by atoms with Gasteiger partial charge in [-0.2, -0.15) is 5.10 Å². The van der Waals surface area contributed by atoms with Crippen LogP contribution in [-0.2, 0) is 0 Å². The third kappa shape index (κ3) is 3.03. The summed E-state index contributed by atoms with van der Waals surface area (Å²) in [5, 5.41) is 4.31. The molecule has 5 nitrogen and oxygen atoms in total. The zero-order valence-electron chi connectivity index (χ0n) is 12.4. The van der Waals surface area contributed by atoms with Crippen molar-refractivity contribution in [2.45, 2.75) is 0 Å². The molecule has 0 spiro atoms. The molecule has 3 aromatic rings. The van der Waals surface area contributed by atoms with Crippen LogP contribution in [0, 0.1) is 0 Å². The maximum Gasteiger partial charge on any atom is 0.165 e. The highest BCUT2D eigenvalue weighted by Gasteiger charge is 2.05. The smallest absolute Gasteiger partial charge is 0.165 e. The lowest BCUT2D eigenvalue weighted by Gasteiger charge is -2.05. The van der Waals surface area contributed by atoms with Crippen LogP contribution in [0.4, 0.5) is 0 Å². The Kier molecular flexibility index (Phi) is 3.96. The summed E-state index contributed by atoms with van der Waals surface area (Å²) in [6, 6.07) is 15.1. The molecule has 0 bridgehead atoms. The van der Waals surface area contributed by atoms with Gasteiger partial charge in [-0.15, -0.1) is 0 Å². The predicted molar refractivity (Wildman–Crippen MR) is 83.2 cm³/mol. The van der Waals surface area contributed by atoms with Crippen molar-refractivity contribution in [1.29, 1.82) is 0 Å². The SMILES string of the molecule is COc1cccc(Oc2cnn(-c3cccc(OC)c3)c2)c1. The molecule has 0 radical (unpaired) electrons. The minimum Gasteiger partial charge on any atom is -0.497 e. The van der Waals surface area contributed by atoms with E-state index in [9.17, 15) is 0 Å². The van der Waals surface area contributed by atoms with E-state index in [1.165, 1.54) is 0 Å². The van der Waals surface area contributed by atoms with Gasteiger partial charge in [0.05, 0.1) is 32.3 Å². The Bertz CT molecular complexity index is 768. The highest BCUT2D eigenvalue weighted by Crippen LogP contribution is 2.25. The average Bonchev–Trinajstić information content (AvgIpc) is 3.03. The molecule has 0 saturated heterocycles. The summed E-state index contributed by atoms with van der Waals surface area (Å²) in [4.78, 5) is 0. The highest BCUT2D eigenvalue weighted by atomic mass is 16.5. The van der Waals surface area contributed by atoms with E-state index in [1.807, 2.05) is 54.7 Å². The first-order chi connectivity index (χ1) is 10.8. The van der Waals surface area contributed by atoms with Crippen molar-refractivity contribution < 1.29 is 14.2 Å². The fourth-order valence-corrected chi connectivity index (χ4v) is 2.05. The molecule has 112 valence electrons. The maximum absolute atomic E-state index is 5.78. The molecule has 0 N–H and O–H groups in total. The molecule has 1 heterocycles. The molecule has 22 heavy (non-hydrogen) atoms. The van der Waals surface area contributed by atoms with Crippen LogP contribution < -0.4 is 14.2 Å². The molecule has 0 unspecified atom stereocenters.